The summed E-state index contributed by atoms with van der Waals surface area (Å²) in [6.45, 7) is 5.41. The van der Waals surface area contributed by atoms with Gasteiger partial charge in [0.05, 0.1) is 0 Å². The standard InChI is InChI=1S/C16H30N2/c1-2-4-10-16(9-3-1,13-17-15-7-8-15)14-18-11-5-6-12-18/h15,17H,1-14H2. The van der Waals surface area contributed by atoms with Crippen LogP contribution < -0.4 is 5.32 Å². The van der Waals surface area contributed by atoms with E-state index in [0.717, 1.165) is 6.04 Å². The highest BCUT2D eigenvalue weighted by atomic mass is 15.1. The molecule has 0 atom stereocenters. The first-order valence-corrected chi connectivity index (χ1v) is 8.32. The van der Waals surface area contributed by atoms with Crippen LogP contribution in [-0.4, -0.2) is 37.1 Å². The Morgan fingerprint density at radius 3 is 2.17 bits per heavy atom. The van der Waals surface area contributed by atoms with Crippen LogP contribution in [-0.2, 0) is 0 Å². The lowest BCUT2D eigenvalue weighted by atomic mass is 9.79. The van der Waals surface area contributed by atoms with E-state index < -0.39 is 0 Å². The normalized spacial score (nSPS) is 29.3. The largest absolute Gasteiger partial charge is 0.313 e. The van der Waals surface area contributed by atoms with Crippen LogP contribution >= 0.6 is 0 Å². The quantitative estimate of drug-likeness (QED) is 0.754. The summed E-state index contributed by atoms with van der Waals surface area (Å²) in [5.41, 5.74) is 0.615. The number of nitrogens with one attached hydrogen (secondary N) is 1. The fourth-order valence-corrected chi connectivity index (χ4v) is 3.93. The second-order valence-corrected chi connectivity index (χ2v) is 7.05. The third-order valence-corrected chi connectivity index (χ3v) is 5.27. The highest BCUT2D eigenvalue weighted by Gasteiger charge is 2.35. The van der Waals surface area contributed by atoms with Gasteiger partial charge in [0, 0.05) is 19.1 Å². The first kappa shape index (κ1) is 12.9. The van der Waals surface area contributed by atoms with E-state index in [1.165, 1.54) is 90.4 Å². The molecule has 0 aromatic rings. The summed E-state index contributed by atoms with van der Waals surface area (Å²) in [6, 6.07) is 0.878. The molecule has 0 amide bonds. The zero-order chi connectivity index (χ0) is 12.3. The van der Waals surface area contributed by atoms with Crippen molar-refractivity contribution in [2.45, 2.75) is 70.3 Å². The molecule has 2 saturated carbocycles. The molecule has 3 aliphatic rings. The Hall–Kier alpha value is -0.0800. The zero-order valence-electron chi connectivity index (χ0n) is 11.9. The maximum Gasteiger partial charge on any atom is 0.00684 e. The second-order valence-electron chi connectivity index (χ2n) is 7.05. The lowest BCUT2D eigenvalue weighted by molar-refractivity contribution is 0.145. The number of hydrogen-bond donors (Lipinski definition) is 1. The van der Waals surface area contributed by atoms with Crippen molar-refractivity contribution in [3.8, 4) is 0 Å². The van der Waals surface area contributed by atoms with Crippen LogP contribution in [0.4, 0.5) is 0 Å². The molecular weight excluding hydrogens is 220 g/mol. The van der Waals surface area contributed by atoms with E-state index in [-0.39, 0.29) is 0 Å². The van der Waals surface area contributed by atoms with Crippen LogP contribution in [0.3, 0.4) is 0 Å². The maximum absolute atomic E-state index is 3.84. The van der Waals surface area contributed by atoms with Crippen LogP contribution in [0.1, 0.15) is 64.2 Å². The van der Waals surface area contributed by atoms with Crippen LogP contribution in [0, 0.1) is 5.41 Å². The molecule has 1 saturated heterocycles. The number of nitrogens with zero attached hydrogens (tertiary/aromatic N) is 1. The monoisotopic (exact) mass is 250 g/mol. The highest BCUT2D eigenvalue weighted by molar-refractivity contribution is 4.91. The van der Waals surface area contributed by atoms with Gasteiger partial charge in [-0.1, -0.05) is 25.7 Å². The van der Waals surface area contributed by atoms with Crippen molar-refractivity contribution in [2.24, 2.45) is 5.41 Å². The fourth-order valence-electron chi connectivity index (χ4n) is 3.93. The molecule has 18 heavy (non-hydrogen) atoms. The zero-order valence-corrected chi connectivity index (χ0v) is 11.9. The molecule has 1 N–H and O–H groups in total. The third-order valence-electron chi connectivity index (χ3n) is 5.27. The Kier molecular flexibility index (Phi) is 4.25. The highest BCUT2D eigenvalue weighted by Crippen LogP contribution is 2.37. The van der Waals surface area contributed by atoms with Crippen LogP contribution in [0.25, 0.3) is 0 Å². The van der Waals surface area contributed by atoms with Crippen molar-refractivity contribution in [1.29, 1.82) is 0 Å². The third kappa shape index (κ3) is 3.48. The first-order chi connectivity index (χ1) is 8.86. The molecule has 104 valence electrons. The summed E-state index contributed by atoms with van der Waals surface area (Å²) in [6.07, 6.45) is 14.6. The average Bonchev–Trinajstić information content (AvgIpc) is 3.12. The summed E-state index contributed by atoms with van der Waals surface area (Å²) in [5.74, 6) is 0. The van der Waals surface area contributed by atoms with Gasteiger partial charge in [0.25, 0.3) is 0 Å². The molecule has 1 aliphatic heterocycles. The summed E-state index contributed by atoms with van der Waals surface area (Å²) in [5, 5.41) is 3.84. The van der Waals surface area contributed by atoms with Crippen molar-refractivity contribution in [3.05, 3.63) is 0 Å². The van der Waals surface area contributed by atoms with Gasteiger partial charge >= 0.3 is 0 Å². The lowest BCUT2D eigenvalue weighted by Crippen LogP contribution is -2.43. The Morgan fingerprint density at radius 1 is 0.889 bits per heavy atom. The van der Waals surface area contributed by atoms with Crippen LogP contribution in [0.5, 0.6) is 0 Å². The summed E-state index contributed by atoms with van der Waals surface area (Å²) in [7, 11) is 0. The SMILES string of the molecule is C1CCCC(CNC2CC2)(CN2CCCC2)CC1. The van der Waals surface area contributed by atoms with Gasteiger partial charge in [-0.2, -0.15) is 0 Å². The number of hydrogen-bond acceptors (Lipinski definition) is 2. The summed E-state index contributed by atoms with van der Waals surface area (Å²) >= 11 is 0. The smallest absolute Gasteiger partial charge is 0.00684 e. The van der Waals surface area contributed by atoms with E-state index >= 15 is 0 Å². The molecule has 0 radical (unpaired) electrons. The molecule has 0 aromatic heterocycles. The van der Waals surface area contributed by atoms with Gasteiger partial charge in [0.1, 0.15) is 0 Å². The van der Waals surface area contributed by atoms with Crippen molar-refractivity contribution in [3.63, 3.8) is 0 Å². The minimum atomic E-state index is 0.615. The van der Waals surface area contributed by atoms with Crippen LogP contribution in [0.15, 0.2) is 0 Å². The summed E-state index contributed by atoms with van der Waals surface area (Å²) in [4.78, 5) is 2.75. The van der Waals surface area contributed by atoms with Gasteiger partial charge in [-0.05, 0) is 57.0 Å². The maximum atomic E-state index is 3.84. The minimum Gasteiger partial charge on any atom is -0.313 e. The van der Waals surface area contributed by atoms with E-state index in [2.05, 4.69) is 10.2 Å². The van der Waals surface area contributed by atoms with Crippen molar-refractivity contribution in [1.82, 2.24) is 10.2 Å². The average molecular weight is 250 g/mol. The number of rotatable bonds is 5. The predicted molar refractivity (Wildman–Crippen MR) is 76.8 cm³/mol. The Labute approximate surface area is 113 Å². The topological polar surface area (TPSA) is 15.3 Å². The molecule has 0 unspecified atom stereocenters. The van der Waals surface area contributed by atoms with Crippen molar-refractivity contribution >= 4 is 0 Å². The molecule has 2 nitrogen and oxygen atoms in total. The Morgan fingerprint density at radius 2 is 1.56 bits per heavy atom. The van der Waals surface area contributed by atoms with E-state index in [0.29, 0.717) is 5.41 Å². The molecule has 0 aromatic carbocycles. The van der Waals surface area contributed by atoms with Gasteiger partial charge in [-0.25, -0.2) is 0 Å². The van der Waals surface area contributed by atoms with Gasteiger partial charge in [-0.15, -0.1) is 0 Å². The van der Waals surface area contributed by atoms with E-state index in [4.69, 9.17) is 0 Å². The minimum absolute atomic E-state index is 0.615. The lowest BCUT2D eigenvalue weighted by Gasteiger charge is -2.37. The molecule has 3 fully saturated rings. The molecule has 2 aliphatic carbocycles. The van der Waals surface area contributed by atoms with Crippen molar-refractivity contribution in [2.75, 3.05) is 26.2 Å². The number of likely N-dealkylation sites (tertiary alicyclic amines) is 1. The van der Waals surface area contributed by atoms with Crippen LogP contribution in [0.2, 0.25) is 0 Å². The second kappa shape index (κ2) is 5.92. The van der Waals surface area contributed by atoms with E-state index in [1.807, 2.05) is 0 Å². The molecular formula is C16H30N2. The van der Waals surface area contributed by atoms with Gasteiger partial charge in [-0.3, -0.25) is 0 Å². The van der Waals surface area contributed by atoms with Gasteiger partial charge < -0.3 is 10.2 Å². The Balaban J connectivity index is 1.59. The summed E-state index contributed by atoms with van der Waals surface area (Å²) < 4.78 is 0. The molecule has 0 spiro atoms. The molecule has 1 heterocycles. The van der Waals surface area contributed by atoms with E-state index in [9.17, 15) is 0 Å². The fraction of sp³-hybridized carbons (Fsp3) is 1.00. The molecule has 0 bridgehead atoms. The van der Waals surface area contributed by atoms with Crippen molar-refractivity contribution < 1.29 is 0 Å². The van der Waals surface area contributed by atoms with E-state index in [1.54, 1.807) is 0 Å². The van der Waals surface area contributed by atoms with Gasteiger partial charge in [0.2, 0.25) is 0 Å². The van der Waals surface area contributed by atoms with Gasteiger partial charge in [0.15, 0.2) is 0 Å². The predicted octanol–water partition coefficient (Wildman–Crippen LogP) is 3.17. The first-order valence-electron chi connectivity index (χ1n) is 8.32. The molecule has 2 heteroatoms. The molecule has 3 rings (SSSR count). The Bertz CT molecular complexity index is 246.